The monoisotopic (exact) mass is 238 g/mol. The zero-order chi connectivity index (χ0) is 12.8. The number of benzene rings is 1. The van der Waals surface area contributed by atoms with Gasteiger partial charge in [-0.25, -0.2) is 4.39 Å². The van der Waals surface area contributed by atoms with Crippen molar-refractivity contribution in [3.63, 3.8) is 0 Å². The van der Waals surface area contributed by atoms with Crippen LogP contribution >= 0.6 is 0 Å². The Hall–Kier alpha value is -1.42. The highest BCUT2D eigenvalue weighted by atomic mass is 19.1. The number of rotatable bonds is 5. The molecule has 1 aromatic rings. The number of carbonyl (C=O) groups is 1. The summed E-state index contributed by atoms with van der Waals surface area (Å²) in [5.74, 6) is -0.177. The Labute approximate surface area is 102 Å². The Morgan fingerprint density at radius 2 is 2.18 bits per heavy atom. The van der Waals surface area contributed by atoms with Gasteiger partial charge in [0.05, 0.1) is 6.04 Å². The molecule has 0 saturated heterocycles. The maximum Gasteiger partial charge on any atom is 0.238 e. The predicted molar refractivity (Wildman–Crippen MR) is 66.3 cm³/mol. The average Bonchev–Trinajstić information content (AvgIpc) is 2.27. The number of nitrogens with one attached hydrogen (secondary N) is 1. The highest BCUT2D eigenvalue weighted by molar-refractivity contribution is 5.80. The van der Waals surface area contributed by atoms with Crippen molar-refractivity contribution in [1.82, 2.24) is 10.2 Å². The van der Waals surface area contributed by atoms with E-state index >= 15 is 0 Å². The van der Waals surface area contributed by atoms with E-state index in [1.54, 1.807) is 25.1 Å². The van der Waals surface area contributed by atoms with Gasteiger partial charge in [-0.15, -0.1) is 0 Å². The van der Waals surface area contributed by atoms with Crippen LogP contribution in [0.5, 0.6) is 0 Å². The second kappa shape index (κ2) is 6.35. The highest BCUT2D eigenvalue weighted by Crippen LogP contribution is 2.03. The molecule has 0 spiro atoms. The molecule has 1 atom stereocenters. The van der Waals surface area contributed by atoms with Gasteiger partial charge < -0.3 is 10.2 Å². The molecule has 0 heterocycles. The van der Waals surface area contributed by atoms with Crippen LogP contribution in [-0.2, 0) is 11.2 Å². The molecule has 1 rings (SSSR count). The van der Waals surface area contributed by atoms with Crippen molar-refractivity contribution in [2.75, 3.05) is 20.6 Å². The van der Waals surface area contributed by atoms with Gasteiger partial charge in [0, 0.05) is 14.1 Å². The molecule has 0 fully saturated rings. The quantitative estimate of drug-likeness (QED) is 0.841. The first-order valence-electron chi connectivity index (χ1n) is 5.69. The van der Waals surface area contributed by atoms with Gasteiger partial charge in [0.15, 0.2) is 0 Å². The van der Waals surface area contributed by atoms with Gasteiger partial charge in [-0.2, -0.15) is 0 Å². The van der Waals surface area contributed by atoms with Gasteiger partial charge in [-0.1, -0.05) is 12.1 Å². The van der Waals surface area contributed by atoms with Gasteiger partial charge in [0.2, 0.25) is 5.91 Å². The van der Waals surface area contributed by atoms with Crippen molar-refractivity contribution in [1.29, 1.82) is 0 Å². The smallest absolute Gasteiger partial charge is 0.238 e. The molecule has 1 unspecified atom stereocenters. The first-order valence-corrected chi connectivity index (χ1v) is 5.69. The fraction of sp³-hybridized carbons (Fsp3) is 0.462. The lowest BCUT2D eigenvalue weighted by molar-refractivity contribution is -0.130. The van der Waals surface area contributed by atoms with E-state index in [4.69, 9.17) is 0 Å². The van der Waals surface area contributed by atoms with Crippen LogP contribution in [0.3, 0.4) is 0 Å². The van der Waals surface area contributed by atoms with Crippen LogP contribution in [0.25, 0.3) is 0 Å². The number of carbonyl (C=O) groups excluding carboxylic acids is 1. The molecule has 0 saturated carbocycles. The lowest BCUT2D eigenvalue weighted by atomic mass is 10.1. The van der Waals surface area contributed by atoms with Crippen molar-refractivity contribution < 1.29 is 9.18 Å². The molecule has 0 bridgehead atoms. The third-order valence-corrected chi connectivity index (χ3v) is 2.56. The van der Waals surface area contributed by atoms with Crippen LogP contribution < -0.4 is 5.32 Å². The van der Waals surface area contributed by atoms with E-state index in [1.807, 2.05) is 13.0 Å². The van der Waals surface area contributed by atoms with E-state index in [9.17, 15) is 9.18 Å². The molecule has 3 nitrogen and oxygen atoms in total. The number of amides is 1. The minimum atomic E-state index is -0.222. The van der Waals surface area contributed by atoms with Crippen LogP contribution in [0.1, 0.15) is 12.5 Å². The highest BCUT2D eigenvalue weighted by Gasteiger charge is 2.13. The van der Waals surface area contributed by atoms with Crippen molar-refractivity contribution in [3.8, 4) is 0 Å². The zero-order valence-corrected chi connectivity index (χ0v) is 10.5. The summed E-state index contributed by atoms with van der Waals surface area (Å²) in [6.45, 7) is 2.48. The average molecular weight is 238 g/mol. The lowest BCUT2D eigenvalue weighted by Gasteiger charge is -2.17. The summed E-state index contributed by atoms with van der Waals surface area (Å²) in [7, 11) is 3.46. The normalized spacial score (nSPS) is 12.2. The fourth-order valence-corrected chi connectivity index (χ4v) is 1.60. The molecule has 1 aromatic carbocycles. The van der Waals surface area contributed by atoms with Crippen LogP contribution in [0, 0.1) is 5.82 Å². The number of hydrogen-bond acceptors (Lipinski definition) is 2. The topological polar surface area (TPSA) is 32.3 Å². The number of halogens is 1. The molecule has 0 radical (unpaired) electrons. The molecule has 0 aliphatic carbocycles. The molecule has 4 heteroatoms. The van der Waals surface area contributed by atoms with E-state index in [0.717, 1.165) is 5.56 Å². The summed E-state index contributed by atoms with van der Waals surface area (Å²) >= 11 is 0. The van der Waals surface area contributed by atoms with E-state index in [2.05, 4.69) is 5.32 Å². The van der Waals surface area contributed by atoms with Crippen molar-refractivity contribution >= 4 is 5.91 Å². The summed E-state index contributed by atoms with van der Waals surface area (Å²) in [5, 5.41) is 3.12. The van der Waals surface area contributed by atoms with E-state index in [1.165, 1.54) is 12.1 Å². The van der Waals surface area contributed by atoms with Crippen molar-refractivity contribution in [3.05, 3.63) is 35.6 Å². The van der Waals surface area contributed by atoms with Crippen molar-refractivity contribution in [2.45, 2.75) is 19.4 Å². The zero-order valence-electron chi connectivity index (χ0n) is 10.5. The van der Waals surface area contributed by atoms with Gasteiger partial charge in [0.25, 0.3) is 0 Å². The standard InChI is InChI=1S/C13H19FN2O/c1-10(13(17)16(2)3)15-8-7-11-5-4-6-12(14)9-11/h4-6,9-10,15H,7-8H2,1-3H3. The maximum absolute atomic E-state index is 12.9. The summed E-state index contributed by atoms with van der Waals surface area (Å²) in [6, 6.07) is 6.30. The number of nitrogens with zero attached hydrogens (tertiary/aromatic N) is 1. The Bertz CT molecular complexity index is 379. The fourth-order valence-electron chi connectivity index (χ4n) is 1.60. The summed E-state index contributed by atoms with van der Waals surface area (Å²) in [4.78, 5) is 13.1. The van der Waals surface area contributed by atoms with Gasteiger partial charge >= 0.3 is 0 Å². The van der Waals surface area contributed by atoms with Crippen molar-refractivity contribution in [2.24, 2.45) is 0 Å². The third-order valence-electron chi connectivity index (χ3n) is 2.56. The van der Waals surface area contributed by atoms with Gasteiger partial charge in [-0.3, -0.25) is 4.79 Å². The maximum atomic E-state index is 12.9. The number of likely N-dealkylation sites (N-methyl/N-ethyl adjacent to an activating group) is 1. The van der Waals surface area contributed by atoms with Crippen LogP contribution in [-0.4, -0.2) is 37.5 Å². The SMILES string of the molecule is CC(NCCc1cccc(F)c1)C(=O)N(C)C. The molecule has 0 aliphatic rings. The molecular formula is C13H19FN2O. The molecule has 0 aliphatic heterocycles. The van der Waals surface area contributed by atoms with E-state index < -0.39 is 0 Å². The lowest BCUT2D eigenvalue weighted by Crippen LogP contribution is -2.42. The van der Waals surface area contributed by atoms with Gasteiger partial charge in [-0.05, 0) is 37.6 Å². The number of hydrogen-bond donors (Lipinski definition) is 1. The van der Waals surface area contributed by atoms with E-state index in [0.29, 0.717) is 13.0 Å². The Morgan fingerprint density at radius 1 is 1.47 bits per heavy atom. The van der Waals surface area contributed by atoms with Crippen LogP contribution in [0.15, 0.2) is 24.3 Å². The summed E-state index contributed by atoms with van der Waals surface area (Å²) < 4.78 is 12.9. The Balaban J connectivity index is 2.35. The first-order chi connectivity index (χ1) is 8.00. The molecule has 1 amide bonds. The Morgan fingerprint density at radius 3 is 2.76 bits per heavy atom. The molecule has 17 heavy (non-hydrogen) atoms. The molecule has 94 valence electrons. The molecule has 0 aromatic heterocycles. The Kier molecular flexibility index (Phi) is 5.10. The summed E-state index contributed by atoms with van der Waals surface area (Å²) in [6.07, 6.45) is 0.711. The van der Waals surface area contributed by atoms with Gasteiger partial charge in [0.1, 0.15) is 5.82 Å². The van der Waals surface area contributed by atoms with Crippen LogP contribution in [0.2, 0.25) is 0 Å². The minimum Gasteiger partial charge on any atom is -0.347 e. The molecular weight excluding hydrogens is 219 g/mol. The first kappa shape index (κ1) is 13.6. The molecule has 1 N–H and O–H groups in total. The second-order valence-electron chi connectivity index (χ2n) is 4.29. The predicted octanol–water partition coefficient (Wildman–Crippen LogP) is 1.43. The second-order valence-corrected chi connectivity index (χ2v) is 4.29. The van der Waals surface area contributed by atoms with Crippen LogP contribution in [0.4, 0.5) is 4.39 Å². The minimum absolute atomic E-state index is 0.0456. The summed E-state index contributed by atoms with van der Waals surface area (Å²) in [5.41, 5.74) is 0.932. The van der Waals surface area contributed by atoms with E-state index in [-0.39, 0.29) is 17.8 Å². The third kappa shape index (κ3) is 4.53. The largest absolute Gasteiger partial charge is 0.347 e.